The fraction of sp³-hybridized carbons (Fsp3) is 0.500. The van der Waals surface area contributed by atoms with E-state index in [-0.39, 0.29) is 35.3 Å². The van der Waals surface area contributed by atoms with Gasteiger partial charge >= 0.3 is 0 Å². The van der Waals surface area contributed by atoms with Crippen LogP contribution in [0.5, 0.6) is 0 Å². The molecule has 32 heavy (non-hydrogen) atoms. The molecule has 170 valence electrons. The van der Waals surface area contributed by atoms with Crippen LogP contribution >= 0.6 is 0 Å². The van der Waals surface area contributed by atoms with E-state index in [1.807, 2.05) is 36.1 Å². The summed E-state index contributed by atoms with van der Waals surface area (Å²) in [6.45, 7) is 4.26. The third-order valence-corrected chi connectivity index (χ3v) is 6.55. The molecule has 2 saturated heterocycles. The zero-order valence-corrected chi connectivity index (χ0v) is 18.5. The first kappa shape index (κ1) is 22.0. The topological polar surface area (TPSA) is 110 Å². The summed E-state index contributed by atoms with van der Waals surface area (Å²) in [4.78, 5) is 40.5. The van der Waals surface area contributed by atoms with Crippen molar-refractivity contribution in [3.63, 3.8) is 0 Å². The van der Waals surface area contributed by atoms with Gasteiger partial charge in [-0.2, -0.15) is 0 Å². The number of carbonyl (C=O) groups is 3. The molecule has 0 radical (unpaired) electrons. The average Bonchev–Trinajstić information content (AvgIpc) is 3.29. The highest BCUT2D eigenvalue weighted by Gasteiger charge is 2.31. The molecule has 2 aromatic rings. The minimum absolute atomic E-state index is 0.138. The van der Waals surface area contributed by atoms with Crippen molar-refractivity contribution in [3.05, 3.63) is 52.9 Å². The normalized spacial score (nSPS) is 19.7. The van der Waals surface area contributed by atoms with Gasteiger partial charge in [0.05, 0.1) is 18.0 Å². The van der Waals surface area contributed by atoms with Gasteiger partial charge in [-0.1, -0.05) is 35.0 Å². The van der Waals surface area contributed by atoms with E-state index >= 15 is 0 Å². The second kappa shape index (κ2) is 9.54. The molecule has 2 fully saturated rings. The highest BCUT2D eigenvalue weighted by Crippen LogP contribution is 2.29. The van der Waals surface area contributed by atoms with E-state index in [2.05, 4.69) is 5.16 Å². The van der Waals surface area contributed by atoms with Gasteiger partial charge < -0.3 is 20.1 Å². The molecule has 2 aliphatic heterocycles. The van der Waals surface area contributed by atoms with E-state index in [4.69, 9.17) is 10.3 Å². The zero-order valence-electron chi connectivity index (χ0n) is 18.5. The highest BCUT2D eigenvalue weighted by atomic mass is 16.5. The van der Waals surface area contributed by atoms with Gasteiger partial charge in [-0.15, -0.1) is 0 Å². The fourth-order valence-electron chi connectivity index (χ4n) is 4.66. The van der Waals surface area contributed by atoms with E-state index in [1.165, 1.54) is 0 Å². The van der Waals surface area contributed by atoms with Crippen LogP contribution in [0.2, 0.25) is 0 Å². The summed E-state index contributed by atoms with van der Waals surface area (Å²) in [5.41, 5.74) is 8.35. The largest absolute Gasteiger partial charge is 0.369 e. The number of aryl methyl sites for hydroxylation is 1. The van der Waals surface area contributed by atoms with Crippen LogP contribution in [0.4, 0.5) is 0 Å². The Balaban J connectivity index is 1.31. The summed E-state index contributed by atoms with van der Waals surface area (Å²) >= 11 is 0. The first-order chi connectivity index (χ1) is 15.4. The highest BCUT2D eigenvalue weighted by molar-refractivity contribution is 5.92. The monoisotopic (exact) mass is 438 g/mol. The Morgan fingerprint density at radius 1 is 1.09 bits per heavy atom. The Morgan fingerprint density at radius 2 is 1.88 bits per heavy atom. The Morgan fingerprint density at radius 3 is 2.59 bits per heavy atom. The minimum Gasteiger partial charge on any atom is -0.369 e. The number of likely N-dealkylation sites (tertiary alicyclic amines) is 2. The summed E-state index contributed by atoms with van der Waals surface area (Å²) in [7, 11) is 0. The fourth-order valence-corrected chi connectivity index (χ4v) is 4.66. The van der Waals surface area contributed by atoms with Crippen LogP contribution < -0.4 is 5.73 Å². The van der Waals surface area contributed by atoms with Crippen LogP contribution in [-0.4, -0.2) is 58.9 Å². The van der Waals surface area contributed by atoms with Gasteiger partial charge in [-0.25, -0.2) is 0 Å². The Hall–Kier alpha value is -3.16. The Labute approximate surface area is 187 Å². The van der Waals surface area contributed by atoms with E-state index in [0.29, 0.717) is 39.0 Å². The van der Waals surface area contributed by atoms with Crippen molar-refractivity contribution in [1.82, 2.24) is 15.0 Å². The van der Waals surface area contributed by atoms with Crippen molar-refractivity contribution in [2.24, 2.45) is 11.7 Å². The van der Waals surface area contributed by atoms with Gasteiger partial charge in [0.2, 0.25) is 17.6 Å². The molecule has 0 aliphatic carbocycles. The number of piperidine rings is 2. The molecule has 0 saturated carbocycles. The Bertz CT molecular complexity index is 993. The first-order valence-electron chi connectivity index (χ1n) is 11.3. The Kier molecular flexibility index (Phi) is 6.58. The lowest BCUT2D eigenvalue weighted by atomic mass is 9.93. The number of benzene rings is 1. The molecule has 1 aromatic heterocycles. The lowest BCUT2D eigenvalue weighted by Crippen LogP contribution is -2.44. The second-order valence-electron chi connectivity index (χ2n) is 8.93. The molecule has 0 spiro atoms. The van der Waals surface area contributed by atoms with Crippen LogP contribution in [-0.2, 0) is 16.0 Å². The van der Waals surface area contributed by atoms with Crippen LogP contribution in [0.1, 0.15) is 59.0 Å². The van der Waals surface area contributed by atoms with E-state index < -0.39 is 0 Å². The average molecular weight is 439 g/mol. The number of rotatable bonds is 5. The molecular weight excluding hydrogens is 408 g/mol. The maximum atomic E-state index is 12.8. The molecule has 2 aliphatic rings. The molecule has 1 aromatic carbocycles. The molecule has 3 amide bonds. The van der Waals surface area contributed by atoms with Gasteiger partial charge in [0.15, 0.2) is 0 Å². The van der Waals surface area contributed by atoms with E-state index in [1.54, 1.807) is 11.0 Å². The van der Waals surface area contributed by atoms with Crippen molar-refractivity contribution < 1.29 is 18.9 Å². The van der Waals surface area contributed by atoms with Crippen molar-refractivity contribution >= 4 is 17.7 Å². The third kappa shape index (κ3) is 5.00. The lowest BCUT2D eigenvalue weighted by molar-refractivity contribution is -0.131. The van der Waals surface area contributed by atoms with Gasteiger partial charge in [-0.05, 0) is 38.2 Å². The van der Waals surface area contributed by atoms with Gasteiger partial charge in [0.1, 0.15) is 0 Å². The summed E-state index contributed by atoms with van der Waals surface area (Å²) in [5, 5.41) is 4.14. The van der Waals surface area contributed by atoms with Crippen LogP contribution in [0.25, 0.3) is 0 Å². The van der Waals surface area contributed by atoms with Gasteiger partial charge in [0, 0.05) is 38.2 Å². The van der Waals surface area contributed by atoms with Crippen LogP contribution in [0.15, 0.2) is 34.9 Å². The van der Waals surface area contributed by atoms with Gasteiger partial charge in [-0.3, -0.25) is 14.4 Å². The summed E-state index contributed by atoms with van der Waals surface area (Å²) in [5.74, 6) is -0.438. The maximum absolute atomic E-state index is 12.8. The molecule has 3 heterocycles. The SMILES string of the molecule is Cc1cccc(CC(=O)N2CCC(c3cc(C(=O)N4CCC[C@@H](C(N)=O)C4)on3)CC2)c1. The standard InChI is InChI=1S/C24H30N4O4/c1-16-4-2-5-17(12-16)13-22(29)27-10-7-18(8-11-27)20-14-21(32-26-20)24(31)28-9-3-6-19(15-28)23(25)30/h2,4-5,12,14,18-19H,3,6-11,13,15H2,1H3,(H2,25,30)/t19-/m1/s1. The van der Waals surface area contributed by atoms with Crippen molar-refractivity contribution in [1.29, 1.82) is 0 Å². The summed E-state index contributed by atoms with van der Waals surface area (Å²) in [6.07, 6.45) is 3.44. The third-order valence-electron chi connectivity index (χ3n) is 6.55. The number of primary amides is 1. The number of hydrogen-bond donors (Lipinski definition) is 1. The molecule has 8 heteroatoms. The molecule has 2 N–H and O–H groups in total. The number of nitrogens with zero attached hydrogens (tertiary/aromatic N) is 3. The van der Waals surface area contributed by atoms with Crippen molar-refractivity contribution in [2.45, 2.75) is 44.9 Å². The summed E-state index contributed by atoms with van der Waals surface area (Å²) < 4.78 is 5.36. The van der Waals surface area contributed by atoms with E-state index in [9.17, 15) is 14.4 Å². The minimum atomic E-state index is -0.371. The predicted octanol–water partition coefficient (Wildman–Crippen LogP) is 2.27. The molecule has 0 bridgehead atoms. The second-order valence-corrected chi connectivity index (χ2v) is 8.93. The van der Waals surface area contributed by atoms with Crippen LogP contribution in [0.3, 0.4) is 0 Å². The molecule has 8 nitrogen and oxygen atoms in total. The van der Waals surface area contributed by atoms with Crippen LogP contribution in [0, 0.1) is 12.8 Å². The van der Waals surface area contributed by atoms with Crippen molar-refractivity contribution in [3.8, 4) is 0 Å². The molecule has 1 atom stereocenters. The number of hydrogen-bond acceptors (Lipinski definition) is 5. The molecule has 4 rings (SSSR count). The van der Waals surface area contributed by atoms with E-state index in [0.717, 1.165) is 36.1 Å². The summed E-state index contributed by atoms with van der Waals surface area (Å²) in [6, 6.07) is 9.75. The quantitative estimate of drug-likeness (QED) is 0.770. The molecular formula is C24H30N4O4. The lowest BCUT2D eigenvalue weighted by Gasteiger charge is -2.31. The number of aromatic nitrogens is 1. The van der Waals surface area contributed by atoms with Crippen molar-refractivity contribution in [2.75, 3.05) is 26.2 Å². The zero-order chi connectivity index (χ0) is 22.7. The number of amides is 3. The maximum Gasteiger partial charge on any atom is 0.292 e. The predicted molar refractivity (Wildman–Crippen MR) is 118 cm³/mol. The first-order valence-corrected chi connectivity index (χ1v) is 11.3. The number of nitrogens with two attached hydrogens (primary N) is 1. The molecule has 0 unspecified atom stereocenters. The van der Waals surface area contributed by atoms with Gasteiger partial charge in [0.25, 0.3) is 5.91 Å². The number of carbonyl (C=O) groups excluding carboxylic acids is 3. The smallest absolute Gasteiger partial charge is 0.292 e.